The number of rotatable bonds is 5. The highest BCUT2D eigenvalue weighted by molar-refractivity contribution is 5.95. The molecule has 4 amide bonds. The van der Waals surface area contributed by atoms with E-state index in [1.807, 2.05) is 75.4 Å². The Morgan fingerprint density at radius 3 is 2.05 bits per heavy atom. The van der Waals surface area contributed by atoms with Gasteiger partial charge in [0.1, 0.15) is 29.5 Å². The maximum absolute atomic E-state index is 14.0. The first-order chi connectivity index (χ1) is 20.1. The van der Waals surface area contributed by atoms with E-state index in [9.17, 15) is 19.2 Å². The highest BCUT2D eigenvalue weighted by Gasteiger charge is 2.44. The summed E-state index contributed by atoms with van der Waals surface area (Å²) in [6.07, 6.45) is 3.30. The Bertz CT molecular complexity index is 1290. The minimum Gasteiger partial charge on any atom is -0.488 e. The molecule has 3 aliphatic heterocycles. The number of carbonyl (C=O) groups is 4. The zero-order chi connectivity index (χ0) is 29.9. The number of amides is 4. The molecular weight excluding hydrogens is 532 g/mol. The maximum atomic E-state index is 14.0. The summed E-state index contributed by atoms with van der Waals surface area (Å²) < 4.78 is 5.94. The van der Waals surface area contributed by atoms with E-state index < -0.39 is 24.2 Å². The van der Waals surface area contributed by atoms with E-state index in [1.54, 1.807) is 9.80 Å². The summed E-state index contributed by atoms with van der Waals surface area (Å²) in [6, 6.07) is 14.7. The molecule has 1 unspecified atom stereocenters. The molecule has 3 fully saturated rings. The van der Waals surface area contributed by atoms with Gasteiger partial charge in [-0.05, 0) is 76.1 Å². The first-order valence-electron chi connectivity index (χ1n) is 15.1. The van der Waals surface area contributed by atoms with Crippen molar-refractivity contribution in [1.29, 1.82) is 0 Å². The molecule has 3 heterocycles. The summed E-state index contributed by atoms with van der Waals surface area (Å²) in [5.74, 6) is -0.263. The van der Waals surface area contributed by atoms with Gasteiger partial charge in [-0.15, -0.1) is 0 Å². The van der Waals surface area contributed by atoms with Gasteiger partial charge in [-0.2, -0.15) is 0 Å². The Morgan fingerprint density at radius 2 is 1.38 bits per heavy atom. The average Bonchev–Trinajstić information content (AvgIpc) is 3.63. The van der Waals surface area contributed by atoms with Crippen LogP contribution in [-0.4, -0.2) is 76.3 Å². The van der Waals surface area contributed by atoms with Gasteiger partial charge in [0.05, 0.1) is 0 Å². The Labute approximate surface area is 248 Å². The largest absolute Gasteiger partial charge is 0.488 e. The van der Waals surface area contributed by atoms with E-state index in [0.717, 1.165) is 23.3 Å². The minimum atomic E-state index is -0.844. The van der Waals surface area contributed by atoms with Gasteiger partial charge in [-0.3, -0.25) is 19.2 Å². The van der Waals surface area contributed by atoms with Gasteiger partial charge in [-0.1, -0.05) is 42.5 Å². The predicted octanol–water partition coefficient (Wildman–Crippen LogP) is 3.00. The van der Waals surface area contributed by atoms with Crippen LogP contribution in [0.4, 0.5) is 0 Å². The van der Waals surface area contributed by atoms with Gasteiger partial charge in [0, 0.05) is 32.0 Å². The lowest BCUT2D eigenvalue weighted by atomic mass is 10.0. The second-order valence-corrected chi connectivity index (χ2v) is 12.7. The summed E-state index contributed by atoms with van der Waals surface area (Å²) >= 11 is 0. The first-order valence-corrected chi connectivity index (χ1v) is 15.1. The smallest absolute Gasteiger partial charge is 0.246 e. The molecule has 0 radical (unpaired) electrons. The molecule has 0 saturated carbocycles. The van der Waals surface area contributed by atoms with E-state index in [2.05, 4.69) is 10.6 Å². The maximum Gasteiger partial charge on any atom is 0.246 e. The van der Waals surface area contributed by atoms with Crippen LogP contribution in [0.2, 0.25) is 0 Å². The van der Waals surface area contributed by atoms with Crippen LogP contribution in [0.15, 0.2) is 54.6 Å². The Morgan fingerprint density at radius 1 is 0.762 bits per heavy atom. The quantitative estimate of drug-likeness (QED) is 0.571. The number of nitrogens with zero attached hydrogens (tertiary/aromatic N) is 2. The third-order valence-electron chi connectivity index (χ3n) is 8.18. The van der Waals surface area contributed by atoms with Crippen LogP contribution in [0, 0.1) is 0 Å². The molecule has 0 spiro atoms. The van der Waals surface area contributed by atoms with Gasteiger partial charge in [-0.25, -0.2) is 0 Å². The van der Waals surface area contributed by atoms with Crippen LogP contribution < -0.4 is 15.4 Å². The SMILES string of the molecule is CC(C)(C)Oc1ccc(C[C@@H]2NC(=O)CC(Cc3ccccc3)NC(=O)[C@@H]3CCCN3C(=O)[C@@H]3CCCN3C2=O)cc1. The van der Waals surface area contributed by atoms with Crippen molar-refractivity contribution in [2.45, 2.75) is 95.5 Å². The molecule has 4 atom stereocenters. The molecule has 0 aromatic heterocycles. The molecule has 2 aromatic carbocycles. The monoisotopic (exact) mass is 574 g/mol. The topological polar surface area (TPSA) is 108 Å². The number of hydrogen-bond acceptors (Lipinski definition) is 5. The highest BCUT2D eigenvalue weighted by atomic mass is 16.5. The summed E-state index contributed by atoms with van der Waals surface area (Å²) in [5.41, 5.74) is 1.52. The molecule has 0 bridgehead atoms. The second kappa shape index (κ2) is 12.5. The normalized spacial score (nSPS) is 25.5. The van der Waals surface area contributed by atoms with Gasteiger partial charge in [0.25, 0.3) is 0 Å². The lowest BCUT2D eigenvalue weighted by Crippen LogP contribution is -2.56. The number of ether oxygens (including phenoxy) is 1. The minimum absolute atomic E-state index is 0.0207. The van der Waals surface area contributed by atoms with Crippen molar-refractivity contribution in [3.05, 3.63) is 65.7 Å². The number of carbonyl (C=O) groups excluding carboxylic acids is 4. The van der Waals surface area contributed by atoms with Crippen LogP contribution in [0.3, 0.4) is 0 Å². The highest BCUT2D eigenvalue weighted by Crippen LogP contribution is 2.27. The molecule has 2 N–H and O–H groups in total. The summed E-state index contributed by atoms with van der Waals surface area (Å²) in [5, 5.41) is 6.06. The first kappa shape index (κ1) is 29.6. The van der Waals surface area contributed by atoms with Crippen LogP contribution in [0.25, 0.3) is 0 Å². The fourth-order valence-electron chi connectivity index (χ4n) is 6.31. The zero-order valence-electron chi connectivity index (χ0n) is 24.8. The number of fused-ring (bicyclic) bond motifs is 2. The van der Waals surface area contributed by atoms with Crippen LogP contribution in [-0.2, 0) is 32.0 Å². The van der Waals surface area contributed by atoms with Crippen molar-refractivity contribution in [3.8, 4) is 5.75 Å². The molecular formula is C33H42N4O5. The summed E-state index contributed by atoms with van der Waals surface area (Å²) in [7, 11) is 0. The Kier molecular flexibility index (Phi) is 8.85. The summed E-state index contributed by atoms with van der Waals surface area (Å²) in [4.78, 5) is 58.1. The van der Waals surface area contributed by atoms with E-state index in [-0.39, 0.29) is 42.1 Å². The molecule has 2 aromatic rings. The van der Waals surface area contributed by atoms with Gasteiger partial charge >= 0.3 is 0 Å². The summed E-state index contributed by atoms with van der Waals surface area (Å²) in [6.45, 7) is 6.87. The van der Waals surface area contributed by atoms with Crippen LogP contribution >= 0.6 is 0 Å². The van der Waals surface area contributed by atoms with Crippen molar-refractivity contribution in [2.24, 2.45) is 0 Å². The van der Waals surface area contributed by atoms with E-state index in [0.29, 0.717) is 38.8 Å². The lowest BCUT2D eigenvalue weighted by Gasteiger charge is -2.32. The zero-order valence-corrected chi connectivity index (χ0v) is 24.8. The van der Waals surface area contributed by atoms with Gasteiger partial charge in [0.2, 0.25) is 23.6 Å². The molecule has 9 heteroatoms. The third-order valence-corrected chi connectivity index (χ3v) is 8.18. The Hall–Kier alpha value is -3.88. The van der Waals surface area contributed by atoms with Crippen molar-refractivity contribution in [1.82, 2.24) is 20.4 Å². The van der Waals surface area contributed by atoms with Crippen molar-refractivity contribution in [2.75, 3.05) is 13.1 Å². The molecule has 0 aliphatic carbocycles. The van der Waals surface area contributed by atoms with Crippen molar-refractivity contribution >= 4 is 23.6 Å². The van der Waals surface area contributed by atoms with E-state index in [4.69, 9.17) is 4.74 Å². The standard InChI is InChI=1S/C33H42N4O5/c1-33(2,3)42-25-15-13-23(14-16-25)20-26-31(40)37-18-8-12-28(37)32(41)36-17-7-11-27(36)30(39)34-24(21-29(38)35-26)19-22-9-5-4-6-10-22/h4-6,9-10,13-16,24,26-28H,7-8,11-12,17-21H2,1-3H3,(H,34,39)(H,35,38)/t24?,26-,27-,28-/m0/s1. The molecule has 3 aliphatic rings. The molecule has 224 valence electrons. The van der Waals surface area contributed by atoms with Crippen LogP contribution in [0.5, 0.6) is 5.75 Å². The molecule has 9 nitrogen and oxygen atoms in total. The predicted molar refractivity (Wildman–Crippen MR) is 159 cm³/mol. The number of benzene rings is 2. The van der Waals surface area contributed by atoms with Crippen LogP contribution in [0.1, 0.15) is 64.0 Å². The molecule has 5 rings (SSSR count). The lowest BCUT2D eigenvalue weighted by molar-refractivity contribution is -0.147. The second-order valence-electron chi connectivity index (χ2n) is 12.7. The third kappa shape index (κ3) is 7.12. The van der Waals surface area contributed by atoms with E-state index >= 15 is 0 Å². The van der Waals surface area contributed by atoms with Gasteiger partial charge in [0.15, 0.2) is 0 Å². The van der Waals surface area contributed by atoms with Crippen molar-refractivity contribution in [3.63, 3.8) is 0 Å². The van der Waals surface area contributed by atoms with Crippen molar-refractivity contribution < 1.29 is 23.9 Å². The fourth-order valence-corrected chi connectivity index (χ4v) is 6.31. The number of nitrogens with one attached hydrogen (secondary N) is 2. The average molecular weight is 575 g/mol. The van der Waals surface area contributed by atoms with E-state index in [1.165, 1.54) is 0 Å². The fraction of sp³-hybridized carbons (Fsp3) is 0.515. The molecule has 42 heavy (non-hydrogen) atoms. The van der Waals surface area contributed by atoms with Gasteiger partial charge < -0.3 is 25.2 Å². The Balaban J connectivity index is 1.43. The molecule has 3 saturated heterocycles. The number of hydrogen-bond donors (Lipinski definition) is 2.